The lowest BCUT2D eigenvalue weighted by Gasteiger charge is -2.24. The van der Waals surface area contributed by atoms with Gasteiger partial charge in [-0.2, -0.15) is 0 Å². The van der Waals surface area contributed by atoms with Crippen LogP contribution in [0.5, 0.6) is 11.5 Å². The molecule has 2 atom stereocenters. The van der Waals surface area contributed by atoms with Crippen LogP contribution >= 0.6 is 11.3 Å². The first-order valence-corrected chi connectivity index (χ1v) is 18.5. The van der Waals surface area contributed by atoms with Crippen molar-refractivity contribution >= 4 is 39.0 Å². The number of aliphatic hydroxyl groups excluding tert-OH is 1. The van der Waals surface area contributed by atoms with Gasteiger partial charge in [0.25, 0.3) is 0 Å². The highest BCUT2D eigenvalue weighted by Crippen LogP contribution is 2.42. The molecular formula is C42H47N3O6S. The number of methoxy groups -OCH3 is 1. The van der Waals surface area contributed by atoms with Crippen molar-refractivity contribution in [1.29, 1.82) is 0 Å². The number of fused-ring (bicyclic) bond motifs is 1. The van der Waals surface area contributed by atoms with E-state index in [1.807, 2.05) is 48.5 Å². The predicted octanol–water partition coefficient (Wildman–Crippen LogP) is 7.52. The van der Waals surface area contributed by atoms with E-state index in [2.05, 4.69) is 40.5 Å². The number of nitrogens with two attached hydrogens (primary N) is 1. The highest BCUT2D eigenvalue weighted by molar-refractivity contribution is 7.22. The Morgan fingerprint density at radius 2 is 1.67 bits per heavy atom. The molecule has 1 aromatic heterocycles. The molecule has 0 saturated carbocycles. The molecule has 4 aromatic carbocycles. The van der Waals surface area contributed by atoms with Crippen LogP contribution < -0.4 is 20.5 Å². The van der Waals surface area contributed by atoms with E-state index in [0.717, 1.165) is 62.8 Å². The van der Waals surface area contributed by atoms with Crippen LogP contribution in [0.3, 0.4) is 0 Å². The van der Waals surface area contributed by atoms with Crippen molar-refractivity contribution in [3.05, 3.63) is 113 Å². The fourth-order valence-corrected chi connectivity index (χ4v) is 7.73. The van der Waals surface area contributed by atoms with E-state index in [1.165, 1.54) is 24.0 Å². The Bertz CT molecular complexity index is 2000. The normalized spacial score (nSPS) is 14.6. The molecule has 0 aliphatic carbocycles. The summed E-state index contributed by atoms with van der Waals surface area (Å²) in [5.74, 6) is -1.52. The average molecular weight is 722 g/mol. The number of ether oxygens (including phenoxy) is 3. The molecule has 1 aliphatic heterocycles. The van der Waals surface area contributed by atoms with Gasteiger partial charge in [-0.1, -0.05) is 54.6 Å². The third-order valence-corrected chi connectivity index (χ3v) is 10.3. The Morgan fingerprint density at radius 3 is 2.35 bits per heavy atom. The molecule has 0 spiro atoms. The van der Waals surface area contributed by atoms with Gasteiger partial charge in [-0.05, 0) is 117 Å². The summed E-state index contributed by atoms with van der Waals surface area (Å²) in [4.78, 5) is 29.3. The van der Waals surface area contributed by atoms with E-state index in [0.29, 0.717) is 18.7 Å². The summed E-state index contributed by atoms with van der Waals surface area (Å²) < 4.78 is 18.5. The summed E-state index contributed by atoms with van der Waals surface area (Å²) in [6, 6.07) is 30.3. The van der Waals surface area contributed by atoms with Crippen LogP contribution in [0.25, 0.3) is 20.5 Å². The number of rotatable bonds is 13. The van der Waals surface area contributed by atoms with Crippen LogP contribution in [-0.2, 0) is 33.9 Å². The number of nitrogens with one attached hydrogen (secondary N) is 1. The van der Waals surface area contributed by atoms with E-state index in [1.54, 1.807) is 51.4 Å². The van der Waals surface area contributed by atoms with Gasteiger partial charge >= 0.3 is 5.97 Å². The van der Waals surface area contributed by atoms with Crippen molar-refractivity contribution in [2.45, 2.75) is 65.0 Å². The van der Waals surface area contributed by atoms with Gasteiger partial charge < -0.3 is 30.4 Å². The summed E-state index contributed by atoms with van der Waals surface area (Å²) in [5, 5.41) is 13.9. The first-order valence-electron chi connectivity index (χ1n) is 17.7. The summed E-state index contributed by atoms with van der Waals surface area (Å²) >= 11 is 1.69. The molecule has 6 rings (SSSR count). The van der Waals surface area contributed by atoms with Gasteiger partial charge in [0.15, 0.2) is 5.92 Å². The minimum atomic E-state index is -1.72. The first kappa shape index (κ1) is 37.0. The number of aliphatic hydroxyl groups is 1. The maximum atomic E-state index is 13.1. The van der Waals surface area contributed by atoms with Crippen LogP contribution in [0.1, 0.15) is 55.9 Å². The fourth-order valence-electron chi connectivity index (χ4n) is 6.48. The largest absolute Gasteiger partial charge is 0.496 e. The number of carbonyl (C=O) groups excluding carboxylic acids is 2. The summed E-state index contributed by atoms with van der Waals surface area (Å²) in [6.07, 6.45) is 1.45. The Kier molecular flexibility index (Phi) is 11.6. The molecule has 10 heteroatoms. The highest BCUT2D eigenvalue weighted by atomic mass is 32.1. The molecule has 1 fully saturated rings. The molecule has 2 unspecified atom stereocenters. The zero-order valence-corrected chi connectivity index (χ0v) is 31.0. The molecule has 0 bridgehead atoms. The molecule has 5 aromatic rings. The van der Waals surface area contributed by atoms with Gasteiger partial charge in [0.1, 0.15) is 29.9 Å². The number of nitrogens with zero attached hydrogens (tertiary/aromatic N) is 1. The van der Waals surface area contributed by atoms with Crippen molar-refractivity contribution in [3.63, 3.8) is 0 Å². The molecule has 1 aliphatic rings. The van der Waals surface area contributed by atoms with Crippen molar-refractivity contribution in [2.75, 3.05) is 25.5 Å². The maximum Gasteiger partial charge on any atom is 0.323 e. The molecule has 1 amide bonds. The number of amides is 1. The van der Waals surface area contributed by atoms with Gasteiger partial charge in [0.2, 0.25) is 5.91 Å². The second-order valence-electron chi connectivity index (χ2n) is 14.2. The summed E-state index contributed by atoms with van der Waals surface area (Å²) in [6.45, 7) is 8.65. The number of hydrogen-bond acceptors (Lipinski definition) is 9. The Balaban J connectivity index is 1.29. The third kappa shape index (κ3) is 9.18. The van der Waals surface area contributed by atoms with Crippen LogP contribution in [0.2, 0.25) is 0 Å². The molecular weight excluding hydrogens is 675 g/mol. The second-order valence-corrected chi connectivity index (χ2v) is 15.3. The SMILES string of the molecule is COc1cc(Cc2c(-c3ccc(NC(=O)C(C(=O)OC(C)(C)C)C(N)O)cc3)sc3cc(OCc4ccccc4)ccc23)ccc1CN1CCCC1. The molecule has 52 heavy (non-hydrogen) atoms. The number of likely N-dealkylation sites (tertiary alicyclic amines) is 1. The monoisotopic (exact) mass is 721 g/mol. The summed E-state index contributed by atoms with van der Waals surface area (Å²) in [5.41, 5.74) is 10.8. The van der Waals surface area contributed by atoms with Crippen LogP contribution in [-0.4, -0.2) is 53.9 Å². The fraction of sp³-hybridized carbons (Fsp3) is 0.333. The number of thiophene rings is 1. The minimum Gasteiger partial charge on any atom is -0.496 e. The van der Waals surface area contributed by atoms with Gasteiger partial charge in [-0.3, -0.25) is 14.5 Å². The van der Waals surface area contributed by atoms with Crippen molar-refractivity contribution in [1.82, 2.24) is 4.90 Å². The van der Waals surface area contributed by atoms with Crippen LogP contribution in [0, 0.1) is 5.92 Å². The number of carbonyl (C=O) groups is 2. The Hall–Kier alpha value is -4.74. The van der Waals surface area contributed by atoms with Gasteiger partial charge in [-0.25, -0.2) is 0 Å². The van der Waals surface area contributed by atoms with E-state index in [4.69, 9.17) is 19.9 Å². The Labute approximate surface area is 309 Å². The van der Waals surface area contributed by atoms with Gasteiger partial charge in [0.05, 0.1) is 7.11 Å². The lowest BCUT2D eigenvalue weighted by Crippen LogP contribution is -2.46. The number of benzene rings is 4. The van der Waals surface area contributed by atoms with Crippen LogP contribution in [0.15, 0.2) is 91.0 Å². The van der Waals surface area contributed by atoms with Gasteiger partial charge in [0, 0.05) is 27.4 Å². The standard InChI is InChI=1S/C42H47N3O6S/c1-42(2,3)51-41(48)37(39(43)46)40(47)44-31-16-14-29(15-17-31)38-34(22-28-12-13-30(35(23-28)49-4)25-45-20-8-9-21-45)33-19-18-32(24-36(33)52-38)50-26-27-10-6-5-7-11-27/h5-7,10-19,23-24,37,39,46H,8-9,20-22,25-26,43H2,1-4H3,(H,44,47). The molecule has 0 radical (unpaired) electrons. The van der Waals surface area contributed by atoms with Gasteiger partial charge in [-0.15, -0.1) is 11.3 Å². The quantitative estimate of drug-likeness (QED) is 0.0649. The molecule has 9 nitrogen and oxygen atoms in total. The molecule has 272 valence electrons. The predicted molar refractivity (Wildman–Crippen MR) is 207 cm³/mol. The first-order chi connectivity index (χ1) is 25.0. The smallest absolute Gasteiger partial charge is 0.323 e. The second kappa shape index (κ2) is 16.3. The highest BCUT2D eigenvalue weighted by Gasteiger charge is 2.36. The summed E-state index contributed by atoms with van der Waals surface area (Å²) in [7, 11) is 1.74. The molecule has 4 N–H and O–H groups in total. The zero-order chi connectivity index (χ0) is 36.8. The lowest BCUT2D eigenvalue weighted by atomic mass is 9.97. The third-order valence-electron chi connectivity index (χ3n) is 9.04. The van der Waals surface area contributed by atoms with E-state index in [-0.39, 0.29) is 0 Å². The van der Waals surface area contributed by atoms with Crippen molar-refractivity contribution in [2.24, 2.45) is 11.7 Å². The minimum absolute atomic E-state index is 0.459. The van der Waals surface area contributed by atoms with E-state index in [9.17, 15) is 14.7 Å². The van der Waals surface area contributed by atoms with E-state index >= 15 is 0 Å². The lowest BCUT2D eigenvalue weighted by molar-refractivity contribution is -0.165. The average Bonchev–Trinajstić information content (AvgIpc) is 3.75. The van der Waals surface area contributed by atoms with E-state index < -0.39 is 29.6 Å². The Morgan fingerprint density at radius 1 is 0.942 bits per heavy atom. The van der Waals surface area contributed by atoms with Crippen LogP contribution in [0.4, 0.5) is 5.69 Å². The topological polar surface area (TPSA) is 123 Å². The molecule has 2 heterocycles. The molecule has 1 saturated heterocycles. The van der Waals surface area contributed by atoms with Crippen molar-refractivity contribution in [3.8, 4) is 21.9 Å². The van der Waals surface area contributed by atoms with Crippen molar-refractivity contribution < 1.29 is 28.9 Å². The number of esters is 1. The zero-order valence-electron chi connectivity index (χ0n) is 30.2. The number of hydrogen-bond donors (Lipinski definition) is 3. The maximum absolute atomic E-state index is 13.1. The number of anilines is 1.